The van der Waals surface area contributed by atoms with Crippen LogP contribution in [0.15, 0.2) is 36.7 Å². The number of carboxylic acids is 1. The number of aryl methyl sites for hydroxylation is 2. The lowest BCUT2D eigenvalue weighted by atomic mass is 10.1. The molecule has 2 rings (SSSR count). The Balaban J connectivity index is 1.87. The molecule has 0 aliphatic carbocycles. The Morgan fingerprint density at radius 3 is 2.43 bits per heavy atom. The lowest BCUT2D eigenvalue weighted by Gasteiger charge is -2.06. The van der Waals surface area contributed by atoms with Crippen molar-refractivity contribution in [2.45, 2.75) is 12.8 Å². The van der Waals surface area contributed by atoms with Gasteiger partial charge in [0.1, 0.15) is 0 Å². The number of aromatic nitrogens is 2. The molecule has 1 aromatic carbocycles. The smallest absolute Gasteiger partial charge is 0.323 e. The lowest BCUT2D eigenvalue weighted by molar-refractivity contribution is -0.136. The van der Waals surface area contributed by atoms with Crippen molar-refractivity contribution in [2.24, 2.45) is 7.05 Å². The second-order valence-corrected chi connectivity index (χ2v) is 4.57. The number of carbonyl (C=O) groups is 2. The second kappa shape index (κ2) is 6.56. The number of carbonyl (C=O) groups excluding carboxylic acids is 1. The molecule has 7 heteroatoms. The van der Waals surface area contributed by atoms with Crippen molar-refractivity contribution >= 4 is 23.4 Å². The summed E-state index contributed by atoms with van der Waals surface area (Å²) >= 11 is 0. The van der Waals surface area contributed by atoms with Crippen LogP contribution in [0.4, 0.5) is 16.2 Å². The molecule has 0 bridgehead atoms. The fourth-order valence-corrected chi connectivity index (χ4v) is 1.79. The number of rotatable bonds is 5. The van der Waals surface area contributed by atoms with E-state index in [0.29, 0.717) is 17.8 Å². The van der Waals surface area contributed by atoms with E-state index in [2.05, 4.69) is 15.7 Å². The zero-order valence-corrected chi connectivity index (χ0v) is 11.5. The van der Waals surface area contributed by atoms with Crippen LogP contribution in [-0.2, 0) is 18.3 Å². The number of nitrogens with one attached hydrogen (secondary N) is 2. The minimum absolute atomic E-state index is 0.0915. The third-order valence-corrected chi connectivity index (χ3v) is 2.80. The average molecular weight is 288 g/mol. The Labute approximate surface area is 121 Å². The van der Waals surface area contributed by atoms with Gasteiger partial charge in [0.05, 0.1) is 11.9 Å². The number of hydrogen-bond acceptors (Lipinski definition) is 3. The zero-order chi connectivity index (χ0) is 15.2. The van der Waals surface area contributed by atoms with Crippen LogP contribution in [0.25, 0.3) is 0 Å². The van der Waals surface area contributed by atoms with Crippen LogP contribution in [0.1, 0.15) is 12.0 Å². The normalized spacial score (nSPS) is 10.1. The standard InChI is InChI=1S/C14H16N4O3/c1-18-9-12(8-15-18)17-14(21)16-11-5-2-10(3-6-11)4-7-13(19)20/h2-3,5-6,8-9H,4,7H2,1H3,(H,19,20)(H2,16,17,21). The molecule has 0 unspecified atom stereocenters. The van der Waals surface area contributed by atoms with E-state index in [9.17, 15) is 9.59 Å². The van der Waals surface area contributed by atoms with Crippen molar-refractivity contribution in [1.82, 2.24) is 9.78 Å². The molecule has 0 spiro atoms. The summed E-state index contributed by atoms with van der Waals surface area (Å²) in [5, 5.41) is 17.9. The van der Waals surface area contributed by atoms with Crippen LogP contribution in [0.5, 0.6) is 0 Å². The van der Waals surface area contributed by atoms with Gasteiger partial charge in [-0.2, -0.15) is 5.10 Å². The molecule has 0 aliphatic heterocycles. The summed E-state index contributed by atoms with van der Waals surface area (Å²) in [6.07, 6.45) is 3.80. The molecule has 0 saturated carbocycles. The molecule has 2 aromatic rings. The molecule has 0 fully saturated rings. The highest BCUT2D eigenvalue weighted by molar-refractivity contribution is 5.99. The van der Waals surface area contributed by atoms with Crippen LogP contribution in [0.3, 0.4) is 0 Å². The molecule has 7 nitrogen and oxygen atoms in total. The van der Waals surface area contributed by atoms with Crippen LogP contribution >= 0.6 is 0 Å². The van der Waals surface area contributed by atoms with E-state index < -0.39 is 5.97 Å². The Bertz CT molecular complexity index is 634. The Kier molecular flexibility index (Phi) is 4.55. The van der Waals surface area contributed by atoms with Gasteiger partial charge in [-0.3, -0.25) is 9.48 Å². The van der Waals surface area contributed by atoms with E-state index in [1.807, 2.05) is 0 Å². The van der Waals surface area contributed by atoms with Gasteiger partial charge in [-0.05, 0) is 24.1 Å². The van der Waals surface area contributed by atoms with Gasteiger partial charge < -0.3 is 15.7 Å². The zero-order valence-electron chi connectivity index (χ0n) is 11.5. The maximum atomic E-state index is 11.8. The number of anilines is 2. The summed E-state index contributed by atoms with van der Waals surface area (Å²) in [6, 6.07) is 6.70. The van der Waals surface area contributed by atoms with Gasteiger partial charge in [-0.1, -0.05) is 12.1 Å². The second-order valence-electron chi connectivity index (χ2n) is 4.57. The summed E-state index contributed by atoms with van der Waals surface area (Å²) in [5.74, 6) is -0.826. The van der Waals surface area contributed by atoms with Crippen molar-refractivity contribution in [3.05, 3.63) is 42.2 Å². The Morgan fingerprint density at radius 2 is 1.86 bits per heavy atom. The van der Waals surface area contributed by atoms with Gasteiger partial charge in [0.15, 0.2) is 0 Å². The van der Waals surface area contributed by atoms with Gasteiger partial charge in [-0.15, -0.1) is 0 Å². The minimum Gasteiger partial charge on any atom is -0.481 e. The number of hydrogen-bond donors (Lipinski definition) is 3. The summed E-state index contributed by atoms with van der Waals surface area (Å²) in [6.45, 7) is 0. The van der Waals surface area contributed by atoms with E-state index in [1.165, 1.54) is 0 Å². The maximum Gasteiger partial charge on any atom is 0.323 e. The van der Waals surface area contributed by atoms with Crippen molar-refractivity contribution in [1.29, 1.82) is 0 Å². The van der Waals surface area contributed by atoms with Gasteiger partial charge in [0, 0.05) is 25.4 Å². The first kappa shape index (κ1) is 14.6. The first-order valence-corrected chi connectivity index (χ1v) is 6.40. The molecule has 1 heterocycles. The number of nitrogens with zero attached hydrogens (tertiary/aromatic N) is 2. The fourth-order valence-electron chi connectivity index (χ4n) is 1.79. The van der Waals surface area contributed by atoms with E-state index in [1.54, 1.807) is 48.4 Å². The minimum atomic E-state index is -0.826. The number of aliphatic carboxylic acids is 1. The van der Waals surface area contributed by atoms with E-state index in [-0.39, 0.29) is 12.5 Å². The summed E-state index contributed by atoms with van der Waals surface area (Å²) in [4.78, 5) is 22.2. The van der Waals surface area contributed by atoms with Crippen molar-refractivity contribution in [2.75, 3.05) is 10.6 Å². The molecule has 0 radical (unpaired) electrons. The molecule has 0 saturated heterocycles. The molecule has 1 aromatic heterocycles. The monoisotopic (exact) mass is 288 g/mol. The first-order chi connectivity index (χ1) is 10.0. The fraction of sp³-hybridized carbons (Fsp3) is 0.214. The molecular formula is C14H16N4O3. The highest BCUT2D eigenvalue weighted by Gasteiger charge is 2.04. The van der Waals surface area contributed by atoms with Crippen LogP contribution in [0, 0.1) is 0 Å². The molecule has 110 valence electrons. The molecular weight excluding hydrogens is 272 g/mol. The van der Waals surface area contributed by atoms with E-state index >= 15 is 0 Å². The van der Waals surface area contributed by atoms with Gasteiger partial charge in [0.2, 0.25) is 0 Å². The number of amides is 2. The van der Waals surface area contributed by atoms with Gasteiger partial charge in [0.25, 0.3) is 0 Å². The van der Waals surface area contributed by atoms with Crippen molar-refractivity contribution in [3.63, 3.8) is 0 Å². The predicted molar refractivity (Wildman–Crippen MR) is 78.2 cm³/mol. The summed E-state index contributed by atoms with van der Waals surface area (Å²) in [7, 11) is 1.76. The molecule has 21 heavy (non-hydrogen) atoms. The van der Waals surface area contributed by atoms with Crippen LogP contribution in [0.2, 0.25) is 0 Å². The molecule has 0 aliphatic rings. The Morgan fingerprint density at radius 1 is 1.19 bits per heavy atom. The molecule has 0 atom stereocenters. The van der Waals surface area contributed by atoms with Crippen LogP contribution < -0.4 is 10.6 Å². The van der Waals surface area contributed by atoms with Crippen molar-refractivity contribution < 1.29 is 14.7 Å². The topological polar surface area (TPSA) is 96.2 Å². The highest BCUT2D eigenvalue weighted by Crippen LogP contribution is 2.12. The number of benzene rings is 1. The van der Waals surface area contributed by atoms with E-state index in [0.717, 1.165) is 5.56 Å². The Hall–Kier alpha value is -2.83. The van der Waals surface area contributed by atoms with Crippen LogP contribution in [-0.4, -0.2) is 26.9 Å². The third kappa shape index (κ3) is 4.64. The van der Waals surface area contributed by atoms with Gasteiger partial charge >= 0.3 is 12.0 Å². The summed E-state index contributed by atoms with van der Waals surface area (Å²) in [5.41, 5.74) is 2.15. The predicted octanol–water partition coefficient (Wildman–Crippen LogP) is 2.08. The third-order valence-electron chi connectivity index (χ3n) is 2.80. The lowest BCUT2D eigenvalue weighted by Crippen LogP contribution is -2.19. The number of urea groups is 1. The average Bonchev–Trinajstić information content (AvgIpc) is 2.83. The maximum absolute atomic E-state index is 11.8. The first-order valence-electron chi connectivity index (χ1n) is 6.40. The van der Waals surface area contributed by atoms with Crippen molar-refractivity contribution in [3.8, 4) is 0 Å². The molecule has 2 amide bonds. The summed E-state index contributed by atoms with van der Waals surface area (Å²) < 4.78 is 1.59. The van der Waals surface area contributed by atoms with Gasteiger partial charge in [-0.25, -0.2) is 4.79 Å². The van der Waals surface area contributed by atoms with E-state index in [4.69, 9.17) is 5.11 Å². The SMILES string of the molecule is Cn1cc(NC(=O)Nc2ccc(CCC(=O)O)cc2)cn1. The molecule has 3 N–H and O–H groups in total. The number of carboxylic acid groups (broad SMARTS) is 1. The highest BCUT2D eigenvalue weighted by atomic mass is 16.4. The largest absolute Gasteiger partial charge is 0.481 e. The quantitative estimate of drug-likeness (QED) is 0.784.